The fourth-order valence-corrected chi connectivity index (χ4v) is 6.91. The molecule has 10 atom stereocenters. The Morgan fingerprint density at radius 1 is 0.650 bits per heavy atom. The summed E-state index contributed by atoms with van der Waals surface area (Å²) in [6.45, 7) is 31.5. The van der Waals surface area contributed by atoms with Crippen molar-refractivity contribution in [1.29, 1.82) is 0 Å². The Balaban J connectivity index is 1.15. The zero-order valence-corrected chi connectivity index (χ0v) is 26.8. The molecule has 4 heterocycles. The van der Waals surface area contributed by atoms with Crippen molar-refractivity contribution in [2.45, 2.75) is 91.6 Å². The maximum absolute atomic E-state index is 2.75. The van der Waals surface area contributed by atoms with E-state index in [2.05, 4.69) is 95.2 Å². The summed E-state index contributed by atoms with van der Waals surface area (Å²) >= 11 is 0. The fourth-order valence-electron chi connectivity index (χ4n) is 6.91. The minimum Gasteiger partial charge on any atom is -0.299 e. The average molecular weight is 553 g/mol. The molecule has 0 bridgehead atoms. The second-order valence-electron chi connectivity index (χ2n) is 14.5. The molecule has 6 heteroatoms. The molecule has 226 valence electrons. The van der Waals surface area contributed by atoms with Gasteiger partial charge in [0, 0.05) is 89.6 Å². The maximum atomic E-state index is 2.75. The Kier molecular flexibility index (Phi) is 10.6. The van der Waals surface area contributed by atoms with E-state index < -0.39 is 0 Å². The van der Waals surface area contributed by atoms with Crippen molar-refractivity contribution in [2.24, 2.45) is 11.8 Å². The largest absolute Gasteiger partial charge is 0.299 e. The third kappa shape index (κ3) is 10.1. The summed E-state index contributed by atoms with van der Waals surface area (Å²) in [4.78, 5) is 16.0. The van der Waals surface area contributed by atoms with E-state index in [-0.39, 0.29) is 0 Å². The summed E-state index contributed by atoms with van der Waals surface area (Å²) in [6.07, 6.45) is 2.57. The van der Waals surface area contributed by atoms with Gasteiger partial charge < -0.3 is 0 Å². The third-order valence-corrected chi connectivity index (χ3v) is 9.83. The molecule has 4 fully saturated rings. The van der Waals surface area contributed by atoms with E-state index in [1.165, 1.54) is 103 Å². The van der Waals surface area contributed by atoms with Crippen LogP contribution in [0.25, 0.3) is 0 Å². The summed E-state index contributed by atoms with van der Waals surface area (Å²) in [7, 11) is 0. The van der Waals surface area contributed by atoms with Crippen molar-refractivity contribution < 1.29 is 0 Å². The van der Waals surface area contributed by atoms with Crippen molar-refractivity contribution in [3.05, 3.63) is 35.4 Å². The normalized spacial score (nSPS) is 33.8. The van der Waals surface area contributed by atoms with Crippen molar-refractivity contribution in [3.8, 4) is 0 Å². The Morgan fingerprint density at radius 2 is 1.02 bits per heavy atom. The lowest BCUT2D eigenvalue weighted by atomic mass is 10.1. The second-order valence-corrected chi connectivity index (χ2v) is 14.5. The molecule has 0 aliphatic carbocycles. The molecule has 4 aliphatic heterocycles. The van der Waals surface area contributed by atoms with Gasteiger partial charge in [0.1, 0.15) is 0 Å². The average Bonchev–Trinajstić information content (AvgIpc) is 3.80. The predicted octanol–water partition coefficient (Wildman–Crippen LogP) is 4.16. The molecule has 0 N–H and O–H groups in total. The number of benzene rings is 1. The van der Waals surface area contributed by atoms with Crippen LogP contribution in [0.2, 0.25) is 0 Å². The molecule has 0 radical (unpaired) electrons. The topological polar surface area (TPSA) is 18.5 Å². The van der Waals surface area contributed by atoms with Gasteiger partial charge in [-0.05, 0) is 89.7 Å². The highest BCUT2D eigenvalue weighted by atomic mass is 15.3. The fraction of sp³-hybridized carbons (Fsp3) is 0.824. The molecule has 0 spiro atoms. The Morgan fingerprint density at radius 3 is 1.38 bits per heavy atom. The summed E-state index contributed by atoms with van der Waals surface area (Å²) in [5, 5.41) is 0. The highest BCUT2D eigenvalue weighted by molar-refractivity contribution is 5.23. The van der Waals surface area contributed by atoms with Gasteiger partial charge in [0.05, 0.1) is 0 Å². The molecule has 6 nitrogen and oxygen atoms in total. The van der Waals surface area contributed by atoms with Gasteiger partial charge in [-0.15, -0.1) is 0 Å². The van der Waals surface area contributed by atoms with Crippen LogP contribution >= 0.6 is 0 Å². The monoisotopic (exact) mass is 552 g/mol. The van der Waals surface area contributed by atoms with E-state index in [0.29, 0.717) is 0 Å². The summed E-state index contributed by atoms with van der Waals surface area (Å²) in [5.41, 5.74) is 2.99. The molecule has 1 aromatic rings. The molecule has 0 amide bonds. The van der Waals surface area contributed by atoms with Gasteiger partial charge in [-0.2, -0.15) is 0 Å². The molecule has 40 heavy (non-hydrogen) atoms. The highest BCUT2D eigenvalue weighted by Crippen LogP contribution is 2.22. The first-order valence-corrected chi connectivity index (χ1v) is 16.7. The van der Waals surface area contributed by atoms with Crippen LogP contribution in [-0.2, 0) is 13.1 Å². The molecular weight excluding hydrogens is 492 g/mol. The summed E-state index contributed by atoms with van der Waals surface area (Å²) < 4.78 is 0. The highest BCUT2D eigenvalue weighted by Gasteiger charge is 2.32. The number of hydrogen-bond donors (Lipinski definition) is 0. The second kappa shape index (κ2) is 14.0. The van der Waals surface area contributed by atoms with Crippen molar-refractivity contribution in [2.75, 3.05) is 78.5 Å². The maximum Gasteiger partial charge on any atom is 0.0233 e. The zero-order valence-electron chi connectivity index (χ0n) is 26.8. The van der Waals surface area contributed by atoms with Crippen LogP contribution in [0.5, 0.6) is 0 Å². The van der Waals surface area contributed by atoms with Crippen LogP contribution in [-0.4, -0.2) is 132 Å². The van der Waals surface area contributed by atoms with Crippen LogP contribution in [0.1, 0.15) is 65.5 Å². The van der Waals surface area contributed by atoms with E-state index in [4.69, 9.17) is 0 Å². The molecule has 0 saturated carbocycles. The van der Waals surface area contributed by atoms with E-state index in [0.717, 1.165) is 49.1 Å². The molecule has 10 unspecified atom stereocenters. The summed E-state index contributed by atoms with van der Waals surface area (Å²) in [6, 6.07) is 12.8. The predicted molar refractivity (Wildman–Crippen MR) is 169 cm³/mol. The molecule has 4 aliphatic rings. The SMILES string of the molecule is CC(CN(CCCN1CC1C)Cc1cccc(CN(CCCN2CC2C)CC(C)CN2CC2C)c1)CN1CC1C. The zero-order chi connectivity index (χ0) is 28.2. The molecule has 1 aromatic carbocycles. The van der Waals surface area contributed by atoms with Crippen LogP contribution in [0.15, 0.2) is 24.3 Å². The van der Waals surface area contributed by atoms with E-state index >= 15 is 0 Å². The van der Waals surface area contributed by atoms with E-state index in [1.54, 1.807) is 0 Å². The van der Waals surface area contributed by atoms with E-state index in [1.807, 2.05) is 0 Å². The Bertz CT molecular complexity index is 854. The van der Waals surface area contributed by atoms with Crippen molar-refractivity contribution >= 4 is 0 Å². The van der Waals surface area contributed by atoms with Gasteiger partial charge in [0.15, 0.2) is 0 Å². The number of nitrogens with zero attached hydrogens (tertiary/aromatic N) is 6. The van der Waals surface area contributed by atoms with Gasteiger partial charge in [-0.3, -0.25) is 29.4 Å². The molecule has 5 rings (SSSR count). The summed E-state index contributed by atoms with van der Waals surface area (Å²) in [5.74, 6) is 1.44. The Hall–Kier alpha value is -1.02. The van der Waals surface area contributed by atoms with E-state index in [9.17, 15) is 0 Å². The Labute approximate surface area is 246 Å². The first-order chi connectivity index (χ1) is 19.2. The lowest BCUT2D eigenvalue weighted by molar-refractivity contribution is 0.206. The molecule has 0 aromatic heterocycles. The van der Waals surface area contributed by atoms with Gasteiger partial charge in [0.2, 0.25) is 0 Å². The third-order valence-electron chi connectivity index (χ3n) is 9.83. The minimum atomic E-state index is 0.722. The first-order valence-electron chi connectivity index (χ1n) is 16.7. The van der Waals surface area contributed by atoms with Gasteiger partial charge in [-0.25, -0.2) is 0 Å². The van der Waals surface area contributed by atoms with Crippen LogP contribution in [0, 0.1) is 11.8 Å². The van der Waals surface area contributed by atoms with Crippen LogP contribution in [0.3, 0.4) is 0 Å². The standard InChI is InChI=1S/C34H60N6/c1-27(19-39-23-31(39)5)17-35(12-8-14-37-21-29(37)3)25-33-10-7-11-34(16-33)26-36(13-9-15-38-22-30(38)4)18-28(2)20-40-24-32(40)6/h7,10-11,16,27-32H,8-9,12-15,17-26H2,1-6H3. The van der Waals surface area contributed by atoms with Crippen molar-refractivity contribution in [1.82, 2.24) is 29.4 Å². The smallest absolute Gasteiger partial charge is 0.0233 e. The number of hydrogen-bond acceptors (Lipinski definition) is 6. The van der Waals surface area contributed by atoms with Crippen LogP contribution in [0.4, 0.5) is 0 Å². The first kappa shape index (κ1) is 30.4. The quantitative estimate of drug-likeness (QED) is 0.225. The lowest BCUT2D eigenvalue weighted by Gasteiger charge is -2.28. The van der Waals surface area contributed by atoms with Crippen LogP contribution < -0.4 is 0 Å². The van der Waals surface area contributed by atoms with Crippen molar-refractivity contribution in [3.63, 3.8) is 0 Å². The molecule has 4 saturated heterocycles. The minimum absolute atomic E-state index is 0.722. The van der Waals surface area contributed by atoms with Gasteiger partial charge in [0.25, 0.3) is 0 Å². The number of rotatable bonds is 20. The van der Waals surface area contributed by atoms with Gasteiger partial charge >= 0.3 is 0 Å². The van der Waals surface area contributed by atoms with Gasteiger partial charge in [-0.1, -0.05) is 38.1 Å². The lowest BCUT2D eigenvalue weighted by Crippen LogP contribution is -2.33. The molecular formula is C34H60N6.